The van der Waals surface area contributed by atoms with Crippen LogP contribution in [-0.2, 0) is 14.8 Å². The topological polar surface area (TPSA) is 74.1 Å². The third kappa shape index (κ3) is 4.58. The molecule has 0 N–H and O–H groups in total. The van der Waals surface area contributed by atoms with Crippen molar-refractivity contribution in [3.63, 3.8) is 0 Å². The molecule has 0 aromatic carbocycles. The number of rotatable bonds is 9. The van der Waals surface area contributed by atoms with Gasteiger partial charge in [-0.1, -0.05) is 19.3 Å². The minimum Gasteiger partial charge on any atom is -0.381 e. The molecule has 108 valence electrons. The second kappa shape index (κ2) is 7.00. The van der Waals surface area contributed by atoms with Crippen molar-refractivity contribution in [3.05, 3.63) is 12.7 Å². The van der Waals surface area contributed by atoms with Crippen LogP contribution >= 0.6 is 0 Å². The Labute approximate surface area is 114 Å². The lowest BCUT2D eigenvalue weighted by Crippen LogP contribution is -2.18. The summed E-state index contributed by atoms with van der Waals surface area (Å²) < 4.78 is 29.8. The van der Waals surface area contributed by atoms with E-state index in [-0.39, 0.29) is 5.75 Å². The molecule has 0 saturated heterocycles. The molecule has 0 radical (unpaired) electrons. The summed E-state index contributed by atoms with van der Waals surface area (Å²) in [5.74, 6) is 0.954. The van der Waals surface area contributed by atoms with Crippen molar-refractivity contribution in [2.24, 2.45) is 5.92 Å². The van der Waals surface area contributed by atoms with Gasteiger partial charge < -0.3 is 4.74 Å². The minimum absolute atomic E-state index is 0.0407. The van der Waals surface area contributed by atoms with Crippen LogP contribution in [-0.4, -0.2) is 41.6 Å². The van der Waals surface area contributed by atoms with Gasteiger partial charge in [0.15, 0.2) is 0 Å². The zero-order valence-electron chi connectivity index (χ0n) is 11.1. The average molecular weight is 287 g/mol. The van der Waals surface area contributed by atoms with E-state index in [9.17, 15) is 8.42 Å². The molecule has 0 amide bonds. The van der Waals surface area contributed by atoms with Gasteiger partial charge in [-0.15, -0.1) is 9.19 Å². The van der Waals surface area contributed by atoms with E-state index in [1.165, 1.54) is 38.3 Å². The number of nitrogens with zero attached hydrogens (tertiary/aromatic N) is 3. The Kier molecular flexibility index (Phi) is 5.33. The molecule has 1 saturated carbocycles. The molecular formula is C12H21N3O3S. The van der Waals surface area contributed by atoms with Crippen molar-refractivity contribution in [1.29, 1.82) is 0 Å². The highest BCUT2D eigenvalue weighted by Crippen LogP contribution is 2.30. The lowest BCUT2D eigenvalue weighted by molar-refractivity contribution is 0.122. The third-order valence-corrected chi connectivity index (χ3v) is 5.06. The number of ether oxygens (including phenoxy) is 1. The van der Waals surface area contributed by atoms with Gasteiger partial charge in [-0.2, -0.15) is 0 Å². The Morgan fingerprint density at radius 3 is 2.68 bits per heavy atom. The van der Waals surface area contributed by atoms with Gasteiger partial charge in [0.05, 0.1) is 5.75 Å². The molecule has 0 bridgehead atoms. The molecule has 1 aliphatic carbocycles. The van der Waals surface area contributed by atoms with Gasteiger partial charge in [-0.3, -0.25) is 0 Å². The maximum Gasteiger partial charge on any atom is 0.255 e. The maximum atomic E-state index is 11.7. The van der Waals surface area contributed by atoms with Crippen molar-refractivity contribution >= 4 is 10.0 Å². The first kappa shape index (κ1) is 14.5. The molecule has 2 rings (SSSR count). The summed E-state index contributed by atoms with van der Waals surface area (Å²) in [6, 6.07) is 0. The van der Waals surface area contributed by atoms with Gasteiger partial charge in [0.1, 0.15) is 12.7 Å². The first-order valence-corrected chi connectivity index (χ1v) is 8.45. The first-order chi connectivity index (χ1) is 9.18. The number of hydrogen-bond donors (Lipinski definition) is 0. The van der Waals surface area contributed by atoms with Crippen molar-refractivity contribution in [1.82, 2.24) is 14.2 Å². The van der Waals surface area contributed by atoms with E-state index in [1.54, 1.807) is 0 Å². The summed E-state index contributed by atoms with van der Waals surface area (Å²) in [7, 11) is -3.35. The summed E-state index contributed by atoms with van der Waals surface area (Å²) in [5, 5.41) is 3.63. The molecule has 0 aliphatic heterocycles. The fourth-order valence-corrected chi connectivity index (χ4v) is 3.19. The van der Waals surface area contributed by atoms with Gasteiger partial charge in [-0.05, 0) is 25.2 Å². The Bertz CT molecular complexity index is 455. The molecular weight excluding hydrogens is 266 g/mol. The second-order valence-corrected chi connectivity index (χ2v) is 6.94. The molecule has 1 aromatic heterocycles. The van der Waals surface area contributed by atoms with E-state index in [2.05, 4.69) is 10.1 Å². The van der Waals surface area contributed by atoms with Crippen LogP contribution in [0.1, 0.15) is 38.5 Å². The van der Waals surface area contributed by atoms with Gasteiger partial charge in [0, 0.05) is 13.2 Å². The highest BCUT2D eigenvalue weighted by molar-refractivity contribution is 7.89. The first-order valence-electron chi connectivity index (χ1n) is 6.84. The zero-order valence-corrected chi connectivity index (χ0v) is 11.9. The highest BCUT2D eigenvalue weighted by Gasteiger charge is 2.16. The predicted octanol–water partition coefficient (Wildman–Crippen LogP) is 1.44. The SMILES string of the molecule is O=S(=O)(CCCOCCCC1CCC1)n1cncn1. The van der Waals surface area contributed by atoms with Crippen LogP contribution in [0.15, 0.2) is 12.7 Å². The van der Waals surface area contributed by atoms with E-state index in [4.69, 9.17) is 4.74 Å². The van der Waals surface area contributed by atoms with Crippen LogP contribution in [0.3, 0.4) is 0 Å². The largest absolute Gasteiger partial charge is 0.381 e. The molecule has 19 heavy (non-hydrogen) atoms. The summed E-state index contributed by atoms with van der Waals surface area (Å²) >= 11 is 0. The Balaban J connectivity index is 1.51. The molecule has 0 unspecified atom stereocenters. The van der Waals surface area contributed by atoms with Gasteiger partial charge in [0.25, 0.3) is 10.0 Å². The van der Waals surface area contributed by atoms with E-state index >= 15 is 0 Å². The molecule has 1 fully saturated rings. The van der Waals surface area contributed by atoms with Crippen LogP contribution in [0, 0.1) is 5.92 Å². The van der Waals surface area contributed by atoms with Crippen LogP contribution in [0.5, 0.6) is 0 Å². The summed E-state index contributed by atoms with van der Waals surface area (Å²) in [6.45, 7) is 1.22. The number of hydrogen-bond acceptors (Lipinski definition) is 5. The quantitative estimate of drug-likeness (QED) is 0.643. The van der Waals surface area contributed by atoms with Crippen LogP contribution in [0.4, 0.5) is 0 Å². The second-order valence-electron chi connectivity index (χ2n) is 4.99. The number of aromatic nitrogens is 3. The Hall–Kier alpha value is -0.950. The predicted molar refractivity (Wildman–Crippen MR) is 71.2 cm³/mol. The molecule has 1 aliphatic rings. The molecule has 6 nitrogen and oxygen atoms in total. The normalized spacial score (nSPS) is 16.4. The van der Waals surface area contributed by atoms with Gasteiger partial charge in [-0.25, -0.2) is 13.4 Å². The summed E-state index contributed by atoms with van der Waals surface area (Å²) in [6.07, 6.45) is 9.37. The van der Waals surface area contributed by atoms with E-state index in [1.807, 2.05) is 0 Å². The smallest absolute Gasteiger partial charge is 0.255 e. The van der Waals surface area contributed by atoms with Crippen molar-refractivity contribution in [2.75, 3.05) is 19.0 Å². The van der Waals surface area contributed by atoms with E-state index in [0.717, 1.165) is 23.0 Å². The molecule has 1 aromatic rings. The van der Waals surface area contributed by atoms with E-state index in [0.29, 0.717) is 13.0 Å². The zero-order chi connectivity index (χ0) is 13.6. The monoisotopic (exact) mass is 287 g/mol. The minimum atomic E-state index is -3.35. The Morgan fingerprint density at radius 2 is 2.05 bits per heavy atom. The molecule has 0 atom stereocenters. The van der Waals surface area contributed by atoms with E-state index < -0.39 is 10.0 Å². The average Bonchev–Trinajstić information content (AvgIpc) is 2.84. The fraction of sp³-hybridized carbons (Fsp3) is 0.833. The standard InChI is InChI=1S/C12H21N3O3S/c16-19(17,15-11-13-10-14-15)9-3-8-18-7-2-6-12-4-1-5-12/h10-12H,1-9H2. The van der Waals surface area contributed by atoms with Gasteiger partial charge >= 0.3 is 0 Å². The maximum absolute atomic E-state index is 11.7. The van der Waals surface area contributed by atoms with Gasteiger partial charge in [0.2, 0.25) is 0 Å². The van der Waals surface area contributed by atoms with Crippen LogP contribution < -0.4 is 0 Å². The van der Waals surface area contributed by atoms with Crippen molar-refractivity contribution in [3.8, 4) is 0 Å². The fourth-order valence-electron chi connectivity index (χ4n) is 2.14. The van der Waals surface area contributed by atoms with Crippen molar-refractivity contribution in [2.45, 2.75) is 38.5 Å². The molecule has 7 heteroatoms. The lowest BCUT2D eigenvalue weighted by atomic mass is 9.82. The summed E-state index contributed by atoms with van der Waals surface area (Å²) in [4.78, 5) is 3.63. The van der Waals surface area contributed by atoms with Crippen LogP contribution in [0.25, 0.3) is 0 Å². The van der Waals surface area contributed by atoms with Crippen LogP contribution in [0.2, 0.25) is 0 Å². The Morgan fingerprint density at radius 1 is 1.26 bits per heavy atom. The van der Waals surface area contributed by atoms with Crippen molar-refractivity contribution < 1.29 is 13.2 Å². The molecule has 0 spiro atoms. The lowest BCUT2D eigenvalue weighted by Gasteiger charge is -2.24. The third-order valence-electron chi connectivity index (χ3n) is 3.50. The highest BCUT2D eigenvalue weighted by atomic mass is 32.2. The molecule has 1 heterocycles. The summed E-state index contributed by atoms with van der Waals surface area (Å²) in [5.41, 5.74) is 0.